The Bertz CT molecular complexity index is 344. The van der Waals surface area contributed by atoms with Gasteiger partial charge >= 0.3 is 5.97 Å². The Morgan fingerprint density at radius 2 is 1.95 bits per heavy atom. The van der Waals surface area contributed by atoms with Crippen LogP contribution in [0.3, 0.4) is 0 Å². The quantitative estimate of drug-likeness (QED) is 0.792. The molecule has 1 heterocycles. The van der Waals surface area contributed by atoms with Crippen LogP contribution in [0.5, 0.6) is 0 Å². The molecule has 0 bridgehead atoms. The van der Waals surface area contributed by atoms with Crippen molar-refractivity contribution in [1.29, 1.82) is 0 Å². The van der Waals surface area contributed by atoms with Crippen LogP contribution in [0.25, 0.3) is 0 Å². The number of nitrogens with zero attached hydrogens (tertiary/aromatic N) is 1. The van der Waals surface area contributed by atoms with Gasteiger partial charge in [-0.2, -0.15) is 0 Å². The second-order valence-corrected chi connectivity index (χ2v) is 5.89. The Balaban J connectivity index is 2.91. The molecule has 1 unspecified atom stereocenters. The Labute approximate surface area is 115 Å². The molecule has 1 saturated heterocycles. The van der Waals surface area contributed by atoms with E-state index in [0.29, 0.717) is 38.9 Å². The minimum Gasteiger partial charge on any atom is -0.481 e. The van der Waals surface area contributed by atoms with Crippen molar-refractivity contribution in [2.24, 2.45) is 16.6 Å². The molecule has 0 aliphatic carbocycles. The maximum absolute atomic E-state index is 12.7. The number of likely N-dealkylation sites (tertiary alicyclic amines) is 1. The molecule has 1 atom stereocenters. The molecule has 0 spiro atoms. The first-order chi connectivity index (χ1) is 8.85. The van der Waals surface area contributed by atoms with Crippen molar-refractivity contribution in [3.8, 4) is 0 Å². The first kappa shape index (κ1) is 16.0. The Morgan fingerprint density at radius 3 is 2.37 bits per heavy atom. The van der Waals surface area contributed by atoms with Crippen LogP contribution in [0.4, 0.5) is 0 Å². The first-order valence-electron chi connectivity index (χ1n) is 7.08. The summed E-state index contributed by atoms with van der Waals surface area (Å²) in [5.41, 5.74) is 4.45. The molecule has 3 N–H and O–H groups in total. The first-order valence-corrected chi connectivity index (χ1v) is 7.08. The number of hydrogen-bond acceptors (Lipinski definition) is 3. The minimum atomic E-state index is -0.824. The van der Waals surface area contributed by atoms with Crippen molar-refractivity contribution in [3.05, 3.63) is 0 Å². The van der Waals surface area contributed by atoms with E-state index in [1.54, 1.807) is 11.8 Å². The van der Waals surface area contributed by atoms with E-state index in [9.17, 15) is 14.7 Å². The normalized spacial score (nSPS) is 24.3. The molecule has 110 valence electrons. The molecule has 1 aliphatic heterocycles. The third-order valence-electron chi connectivity index (χ3n) is 4.70. The molecular formula is C14H26N2O3. The highest BCUT2D eigenvalue weighted by atomic mass is 16.4. The van der Waals surface area contributed by atoms with Crippen LogP contribution in [0.15, 0.2) is 0 Å². The minimum absolute atomic E-state index is 0.0205. The molecule has 0 aromatic heterocycles. The number of nitrogens with two attached hydrogens (primary N) is 1. The van der Waals surface area contributed by atoms with E-state index >= 15 is 0 Å². The third-order valence-corrected chi connectivity index (χ3v) is 4.70. The summed E-state index contributed by atoms with van der Waals surface area (Å²) in [5.74, 6) is -0.802. The largest absolute Gasteiger partial charge is 0.481 e. The van der Waals surface area contributed by atoms with Crippen LogP contribution in [0.2, 0.25) is 0 Å². The maximum Gasteiger partial charge on any atom is 0.311 e. The highest BCUT2D eigenvalue weighted by molar-refractivity contribution is 5.84. The van der Waals surface area contributed by atoms with Crippen LogP contribution in [-0.4, -0.2) is 41.5 Å². The highest BCUT2D eigenvalue weighted by Crippen LogP contribution is 2.34. The van der Waals surface area contributed by atoms with Gasteiger partial charge in [-0.1, -0.05) is 13.8 Å². The topological polar surface area (TPSA) is 83.6 Å². The van der Waals surface area contributed by atoms with Crippen molar-refractivity contribution >= 4 is 11.9 Å². The standard InChI is InChI=1S/C14H26N2O3/c1-4-14(5-2,9-15)11(17)16-8-6-7-13(3,10-16)12(18)19/h4-10,15H2,1-3H3,(H,18,19). The van der Waals surface area contributed by atoms with Gasteiger partial charge in [0.25, 0.3) is 0 Å². The number of carbonyl (C=O) groups is 2. The molecule has 1 fully saturated rings. The number of carboxylic acids is 1. The second kappa shape index (κ2) is 5.90. The lowest BCUT2D eigenvalue weighted by Crippen LogP contribution is -2.54. The highest BCUT2D eigenvalue weighted by Gasteiger charge is 2.44. The average molecular weight is 270 g/mol. The smallest absolute Gasteiger partial charge is 0.311 e. The second-order valence-electron chi connectivity index (χ2n) is 5.89. The summed E-state index contributed by atoms with van der Waals surface area (Å²) in [4.78, 5) is 25.7. The van der Waals surface area contributed by atoms with Gasteiger partial charge in [-0.25, -0.2) is 0 Å². The monoisotopic (exact) mass is 270 g/mol. The molecule has 1 aliphatic rings. The van der Waals surface area contributed by atoms with Crippen LogP contribution >= 0.6 is 0 Å². The van der Waals surface area contributed by atoms with Crippen molar-refractivity contribution < 1.29 is 14.7 Å². The predicted molar refractivity (Wildman–Crippen MR) is 73.6 cm³/mol. The van der Waals surface area contributed by atoms with E-state index in [2.05, 4.69) is 0 Å². The molecule has 0 radical (unpaired) electrons. The van der Waals surface area contributed by atoms with E-state index in [4.69, 9.17) is 5.73 Å². The van der Waals surface area contributed by atoms with Crippen molar-refractivity contribution in [3.63, 3.8) is 0 Å². The fourth-order valence-corrected chi connectivity index (χ4v) is 2.85. The zero-order valence-electron chi connectivity index (χ0n) is 12.2. The number of amides is 1. The van der Waals surface area contributed by atoms with Crippen LogP contribution in [-0.2, 0) is 9.59 Å². The van der Waals surface area contributed by atoms with Gasteiger partial charge in [-0.15, -0.1) is 0 Å². The molecular weight excluding hydrogens is 244 g/mol. The van der Waals surface area contributed by atoms with Crippen molar-refractivity contribution in [1.82, 2.24) is 4.90 Å². The van der Waals surface area contributed by atoms with Gasteiger partial charge in [-0.3, -0.25) is 9.59 Å². The number of hydrogen-bond donors (Lipinski definition) is 2. The third kappa shape index (κ3) is 2.91. The van der Waals surface area contributed by atoms with Gasteiger partial charge in [0.1, 0.15) is 0 Å². The number of carboxylic acid groups (broad SMARTS) is 1. The SMILES string of the molecule is CCC(CC)(CN)C(=O)N1CCCC(C)(C(=O)O)C1. The Hall–Kier alpha value is -1.10. The van der Waals surface area contributed by atoms with E-state index in [1.807, 2.05) is 13.8 Å². The average Bonchev–Trinajstić information content (AvgIpc) is 2.41. The fourth-order valence-electron chi connectivity index (χ4n) is 2.85. The molecule has 1 rings (SSSR count). The van der Waals surface area contributed by atoms with E-state index < -0.39 is 16.8 Å². The van der Waals surface area contributed by atoms with Gasteiger partial charge < -0.3 is 15.7 Å². The Morgan fingerprint density at radius 1 is 1.37 bits per heavy atom. The zero-order valence-corrected chi connectivity index (χ0v) is 12.2. The lowest BCUT2D eigenvalue weighted by atomic mass is 9.77. The summed E-state index contributed by atoms with van der Waals surface area (Å²) < 4.78 is 0. The summed E-state index contributed by atoms with van der Waals surface area (Å²) in [6.07, 6.45) is 2.75. The van der Waals surface area contributed by atoms with Crippen molar-refractivity contribution in [2.75, 3.05) is 19.6 Å². The van der Waals surface area contributed by atoms with Crippen molar-refractivity contribution in [2.45, 2.75) is 46.5 Å². The summed E-state index contributed by atoms with van der Waals surface area (Å²) in [7, 11) is 0. The van der Waals surface area contributed by atoms with Gasteiger partial charge in [-0.05, 0) is 32.6 Å². The van der Waals surface area contributed by atoms with Gasteiger partial charge in [0, 0.05) is 19.6 Å². The Kier molecular flexibility index (Phi) is 4.96. The molecule has 0 aromatic rings. The van der Waals surface area contributed by atoms with Crippen LogP contribution in [0.1, 0.15) is 46.5 Å². The summed E-state index contributed by atoms with van der Waals surface area (Å²) in [5, 5.41) is 9.31. The molecule has 0 aromatic carbocycles. The predicted octanol–water partition coefficient (Wildman–Crippen LogP) is 1.46. The summed E-state index contributed by atoms with van der Waals surface area (Å²) in [6, 6.07) is 0. The molecule has 0 saturated carbocycles. The molecule has 1 amide bonds. The summed E-state index contributed by atoms with van der Waals surface area (Å²) >= 11 is 0. The number of rotatable bonds is 5. The van der Waals surface area contributed by atoms with Gasteiger partial charge in [0.05, 0.1) is 10.8 Å². The number of carbonyl (C=O) groups excluding carboxylic acids is 1. The van der Waals surface area contributed by atoms with Gasteiger partial charge in [0.15, 0.2) is 0 Å². The lowest BCUT2D eigenvalue weighted by molar-refractivity contribution is -0.156. The summed E-state index contributed by atoms with van der Waals surface area (Å²) in [6.45, 7) is 6.91. The zero-order chi connectivity index (χ0) is 14.7. The maximum atomic E-state index is 12.7. The van der Waals surface area contributed by atoms with Crippen LogP contribution in [0, 0.1) is 10.8 Å². The molecule has 19 heavy (non-hydrogen) atoms. The molecule has 5 heteroatoms. The van der Waals surface area contributed by atoms with E-state index in [0.717, 1.165) is 6.42 Å². The number of piperidine rings is 1. The van der Waals surface area contributed by atoms with E-state index in [1.165, 1.54) is 0 Å². The van der Waals surface area contributed by atoms with Gasteiger partial charge in [0.2, 0.25) is 5.91 Å². The molecule has 5 nitrogen and oxygen atoms in total. The lowest BCUT2D eigenvalue weighted by Gasteiger charge is -2.42. The number of aliphatic carboxylic acids is 1. The fraction of sp³-hybridized carbons (Fsp3) is 0.857. The van der Waals surface area contributed by atoms with E-state index in [-0.39, 0.29) is 5.91 Å². The van der Waals surface area contributed by atoms with Crippen LogP contribution < -0.4 is 5.73 Å².